The molecule has 0 N–H and O–H groups in total. The van der Waals surface area contributed by atoms with Gasteiger partial charge in [0.05, 0.1) is 5.58 Å². The maximum atomic E-state index is 6.38. The van der Waals surface area contributed by atoms with E-state index in [0.29, 0.717) is 5.92 Å². The first kappa shape index (κ1) is 34.5. The van der Waals surface area contributed by atoms with Gasteiger partial charge in [0.25, 0.3) is 0 Å². The summed E-state index contributed by atoms with van der Waals surface area (Å²) in [5, 5.41) is 2.23. The van der Waals surface area contributed by atoms with Crippen molar-refractivity contribution in [2.45, 2.75) is 49.9 Å². The molecule has 0 aliphatic rings. The molecule has 1 radical (unpaired) electrons. The minimum absolute atomic E-state index is 0. The average Bonchev–Trinajstić information content (AvgIpc) is 3.48. The molecular formula is C42H40GeIrN2O-2. The standard InChI is InChI=1S/C28H24NO.C14H16GeN.Ir/c1-3-19(4-2)22-15-16-29-26(17-22)25-12-8-11-24-23-14-13-21(18-27(23)30-28(24)25)20-9-6-5-7-10-20;1-15(2,3)13-9-10-14(16-11-13)12-7-5-4-6-8-12;/h5-11,13-19H,3-4H2,1-2H3;4-7,9-11H,1-3H3;/q2*-1;. The van der Waals surface area contributed by atoms with Gasteiger partial charge in [-0.05, 0) is 47.7 Å². The van der Waals surface area contributed by atoms with Gasteiger partial charge in [-0.15, -0.1) is 18.2 Å². The molecule has 0 bridgehead atoms. The number of rotatable bonds is 7. The normalized spacial score (nSPS) is 11.3. The zero-order chi connectivity index (χ0) is 32.1. The largest absolute Gasteiger partial charge is 0 e. The Morgan fingerprint density at radius 1 is 0.702 bits per heavy atom. The molecule has 3 heterocycles. The predicted molar refractivity (Wildman–Crippen MR) is 196 cm³/mol. The van der Waals surface area contributed by atoms with E-state index in [1.165, 1.54) is 15.5 Å². The summed E-state index contributed by atoms with van der Waals surface area (Å²) in [6.07, 6.45) is 6.20. The summed E-state index contributed by atoms with van der Waals surface area (Å²) in [6, 6.07) is 44.1. The van der Waals surface area contributed by atoms with Crippen LogP contribution < -0.4 is 4.40 Å². The number of hydrogen-bond donors (Lipinski definition) is 0. The van der Waals surface area contributed by atoms with Crippen molar-refractivity contribution in [2.24, 2.45) is 0 Å². The van der Waals surface area contributed by atoms with Gasteiger partial charge in [-0.1, -0.05) is 78.9 Å². The number of furan rings is 1. The van der Waals surface area contributed by atoms with E-state index in [4.69, 9.17) is 4.42 Å². The smallest absolute Gasteiger partial charge is 0 e. The molecule has 0 atom stereocenters. The van der Waals surface area contributed by atoms with E-state index in [9.17, 15) is 0 Å². The molecule has 0 spiro atoms. The number of fused-ring (bicyclic) bond motifs is 3. The molecule has 3 aromatic heterocycles. The molecule has 7 rings (SSSR count). The van der Waals surface area contributed by atoms with E-state index in [1.807, 2.05) is 48.8 Å². The van der Waals surface area contributed by atoms with Crippen LogP contribution in [0.15, 0.2) is 126 Å². The zero-order valence-corrected chi connectivity index (χ0v) is 32.2. The number of benzene rings is 4. The van der Waals surface area contributed by atoms with E-state index >= 15 is 0 Å². The third kappa shape index (κ3) is 7.84. The van der Waals surface area contributed by atoms with Crippen molar-refractivity contribution in [3.8, 4) is 33.6 Å². The minimum atomic E-state index is -1.72. The molecule has 0 fully saturated rings. The van der Waals surface area contributed by atoms with E-state index in [2.05, 4.69) is 126 Å². The van der Waals surface area contributed by atoms with Gasteiger partial charge in [-0.3, -0.25) is 0 Å². The van der Waals surface area contributed by atoms with Crippen molar-refractivity contribution in [1.29, 1.82) is 0 Å². The average molecular weight is 854 g/mol. The van der Waals surface area contributed by atoms with Crippen molar-refractivity contribution in [3.05, 3.63) is 139 Å². The van der Waals surface area contributed by atoms with E-state index in [-0.39, 0.29) is 20.1 Å². The van der Waals surface area contributed by atoms with Crippen LogP contribution in [0.1, 0.15) is 38.2 Å². The second-order valence-corrected chi connectivity index (χ2v) is 23.4. The molecule has 0 saturated heterocycles. The Balaban J connectivity index is 0.000000217. The molecule has 239 valence electrons. The summed E-state index contributed by atoms with van der Waals surface area (Å²) in [7, 11) is 0. The third-order valence-electron chi connectivity index (χ3n) is 8.65. The van der Waals surface area contributed by atoms with Crippen LogP contribution in [-0.2, 0) is 20.1 Å². The summed E-state index contributed by atoms with van der Waals surface area (Å²) in [6.45, 7) is 4.48. The van der Waals surface area contributed by atoms with E-state index in [0.717, 1.165) is 62.9 Å². The fraction of sp³-hybridized carbons (Fsp3) is 0.190. The second-order valence-electron chi connectivity index (χ2n) is 12.7. The molecule has 7 aromatic rings. The first-order chi connectivity index (χ1) is 22.4. The van der Waals surface area contributed by atoms with Crippen LogP contribution in [0.5, 0.6) is 0 Å². The number of nitrogens with zero attached hydrogens (tertiary/aromatic N) is 2. The van der Waals surface area contributed by atoms with Gasteiger partial charge in [0.1, 0.15) is 5.58 Å². The molecule has 5 heteroatoms. The van der Waals surface area contributed by atoms with Crippen LogP contribution in [0.3, 0.4) is 0 Å². The molecule has 0 aliphatic carbocycles. The quantitative estimate of drug-likeness (QED) is 0.118. The SMILES string of the molecule is CCC(CC)c1ccnc(-c2[c-]ccc3c2oc2cc(-c4ccccc4)ccc23)c1.[CH3][Ge]([CH3])([CH3])[c]1ccc(-c2[c-]cccc2)nc1.[Ir]. The van der Waals surface area contributed by atoms with Crippen LogP contribution in [0.2, 0.25) is 17.3 Å². The van der Waals surface area contributed by atoms with Crippen LogP contribution in [0, 0.1) is 12.1 Å². The van der Waals surface area contributed by atoms with Crippen molar-refractivity contribution < 1.29 is 24.5 Å². The van der Waals surface area contributed by atoms with Gasteiger partial charge in [-0.2, -0.15) is 0 Å². The molecule has 0 amide bonds. The van der Waals surface area contributed by atoms with Gasteiger partial charge in [-0.25, -0.2) is 0 Å². The molecule has 0 unspecified atom stereocenters. The van der Waals surface area contributed by atoms with E-state index in [1.54, 1.807) is 0 Å². The van der Waals surface area contributed by atoms with Gasteiger partial charge in [0.15, 0.2) is 0 Å². The topological polar surface area (TPSA) is 38.9 Å². The molecule has 4 aromatic carbocycles. The first-order valence-corrected chi connectivity index (χ1v) is 23.5. The Kier molecular flexibility index (Phi) is 11.3. The van der Waals surface area contributed by atoms with E-state index < -0.39 is 13.3 Å². The fourth-order valence-corrected chi connectivity index (χ4v) is 8.06. The van der Waals surface area contributed by atoms with Crippen LogP contribution in [0.25, 0.3) is 55.6 Å². The zero-order valence-electron chi connectivity index (χ0n) is 27.7. The van der Waals surface area contributed by atoms with Gasteiger partial charge < -0.3 is 9.40 Å². The van der Waals surface area contributed by atoms with Crippen molar-refractivity contribution in [1.82, 2.24) is 9.97 Å². The van der Waals surface area contributed by atoms with Crippen LogP contribution in [0.4, 0.5) is 0 Å². The second kappa shape index (κ2) is 15.4. The van der Waals surface area contributed by atoms with Crippen molar-refractivity contribution >= 4 is 39.6 Å². The van der Waals surface area contributed by atoms with Gasteiger partial charge >= 0.3 is 99.8 Å². The molecule has 3 nitrogen and oxygen atoms in total. The van der Waals surface area contributed by atoms with Crippen molar-refractivity contribution in [3.63, 3.8) is 0 Å². The van der Waals surface area contributed by atoms with Gasteiger partial charge in [0, 0.05) is 31.7 Å². The summed E-state index contributed by atoms with van der Waals surface area (Å²) in [5.41, 5.74) is 9.34. The Bertz CT molecular complexity index is 2050. The van der Waals surface area contributed by atoms with Crippen LogP contribution in [-0.4, -0.2) is 23.2 Å². The number of aromatic nitrogens is 2. The molecule has 0 saturated carbocycles. The number of pyridine rings is 2. The van der Waals surface area contributed by atoms with Crippen molar-refractivity contribution in [2.75, 3.05) is 0 Å². The maximum absolute atomic E-state index is 6.38. The van der Waals surface area contributed by atoms with Crippen LogP contribution >= 0.6 is 0 Å². The summed E-state index contributed by atoms with van der Waals surface area (Å²) < 4.78 is 7.83. The Labute approximate surface area is 295 Å². The Morgan fingerprint density at radius 2 is 1.49 bits per heavy atom. The predicted octanol–water partition coefficient (Wildman–Crippen LogP) is 11.1. The monoisotopic (exact) mass is 855 g/mol. The fourth-order valence-electron chi connectivity index (χ4n) is 5.89. The van der Waals surface area contributed by atoms with Gasteiger partial charge in [0.2, 0.25) is 0 Å². The summed E-state index contributed by atoms with van der Waals surface area (Å²) in [5.74, 6) is 7.69. The summed E-state index contributed by atoms with van der Waals surface area (Å²) >= 11 is -1.72. The Hall–Kier alpha value is -3.83. The first-order valence-electron chi connectivity index (χ1n) is 16.2. The molecule has 0 aliphatic heterocycles. The maximum Gasteiger partial charge on any atom is 0 e. The Morgan fingerprint density at radius 3 is 2.17 bits per heavy atom. The third-order valence-corrected chi connectivity index (χ3v) is 12.9. The minimum Gasteiger partial charge on any atom is 0 e. The number of hydrogen-bond acceptors (Lipinski definition) is 3. The summed E-state index contributed by atoms with van der Waals surface area (Å²) in [4.78, 5) is 9.19. The molecule has 47 heavy (non-hydrogen) atoms. The molecular weight excluding hydrogens is 813 g/mol.